The van der Waals surface area contributed by atoms with Gasteiger partial charge in [0, 0.05) is 6.54 Å². The summed E-state index contributed by atoms with van der Waals surface area (Å²) in [7, 11) is 0. The van der Waals surface area contributed by atoms with Gasteiger partial charge in [-0.05, 0) is 37.0 Å². The van der Waals surface area contributed by atoms with Crippen LogP contribution in [0.2, 0.25) is 0 Å². The summed E-state index contributed by atoms with van der Waals surface area (Å²) < 4.78 is 0. The van der Waals surface area contributed by atoms with Crippen LogP contribution in [-0.2, 0) is 11.2 Å². The molecule has 2 N–H and O–H groups in total. The molecule has 0 aliphatic carbocycles. The number of carboxylic acid groups (broad SMARTS) is 1. The van der Waals surface area contributed by atoms with Crippen molar-refractivity contribution in [3.05, 3.63) is 34.4 Å². The van der Waals surface area contributed by atoms with Gasteiger partial charge in [0.25, 0.3) is 0 Å². The van der Waals surface area contributed by atoms with Gasteiger partial charge in [-0.15, -0.1) is 0 Å². The van der Waals surface area contributed by atoms with Crippen molar-refractivity contribution in [2.75, 3.05) is 6.54 Å². The van der Waals surface area contributed by atoms with E-state index < -0.39 is 12.0 Å². The SMILES string of the molecule is Cc1cc(C)c2c(c1)C(C(=O)O)NCC2. The Balaban J connectivity index is 2.55. The van der Waals surface area contributed by atoms with E-state index in [0.717, 1.165) is 24.1 Å². The molecule has 1 unspecified atom stereocenters. The molecule has 1 aliphatic rings. The zero-order valence-corrected chi connectivity index (χ0v) is 9.00. The number of aliphatic carboxylic acids is 1. The summed E-state index contributed by atoms with van der Waals surface area (Å²) in [5.74, 6) is -0.791. The summed E-state index contributed by atoms with van der Waals surface area (Å²) in [6.45, 7) is 4.80. The van der Waals surface area contributed by atoms with E-state index in [0.29, 0.717) is 0 Å². The molecule has 0 spiro atoms. The van der Waals surface area contributed by atoms with Crippen LogP contribution in [0.25, 0.3) is 0 Å². The Hall–Kier alpha value is -1.35. The largest absolute Gasteiger partial charge is 0.480 e. The normalized spacial score (nSPS) is 19.7. The monoisotopic (exact) mass is 205 g/mol. The molecule has 1 aliphatic heterocycles. The number of nitrogens with one attached hydrogen (secondary N) is 1. The van der Waals surface area contributed by atoms with E-state index in [-0.39, 0.29) is 0 Å². The van der Waals surface area contributed by atoms with Crippen molar-refractivity contribution in [3.8, 4) is 0 Å². The summed E-state index contributed by atoms with van der Waals surface area (Å²) in [6.07, 6.45) is 0.922. The second kappa shape index (κ2) is 3.66. The molecule has 3 nitrogen and oxygen atoms in total. The zero-order chi connectivity index (χ0) is 11.0. The molecule has 0 radical (unpaired) electrons. The van der Waals surface area contributed by atoms with Gasteiger partial charge in [0.15, 0.2) is 0 Å². The van der Waals surface area contributed by atoms with Gasteiger partial charge >= 0.3 is 5.97 Å². The number of hydrogen-bond donors (Lipinski definition) is 2. The Morgan fingerprint density at radius 1 is 1.47 bits per heavy atom. The lowest BCUT2D eigenvalue weighted by Gasteiger charge is -2.25. The van der Waals surface area contributed by atoms with Crippen molar-refractivity contribution in [2.24, 2.45) is 0 Å². The fraction of sp³-hybridized carbons (Fsp3) is 0.417. The molecule has 0 aromatic heterocycles. The first-order valence-electron chi connectivity index (χ1n) is 5.16. The fourth-order valence-electron chi connectivity index (χ4n) is 2.30. The Labute approximate surface area is 89.1 Å². The van der Waals surface area contributed by atoms with Gasteiger partial charge in [0.05, 0.1) is 0 Å². The van der Waals surface area contributed by atoms with Crippen LogP contribution < -0.4 is 5.32 Å². The molecule has 2 rings (SSSR count). The summed E-state index contributed by atoms with van der Waals surface area (Å²) in [6, 6.07) is 3.56. The highest BCUT2D eigenvalue weighted by molar-refractivity contribution is 5.77. The minimum absolute atomic E-state index is 0.535. The van der Waals surface area contributed by atoms with Gasteiger partial charge in [-0.25, -0.2) is 0 Å². The Bertz CT molecular complexity index is 412. The van der Waals surface area contributed by atoms with Crippen LogP contribution in [0.3, 0.4) is 0 Å². The van der Waals surface area contributed by atoms with E-state index in [1.807, 2.05) is 13.0 Å². The number of aryl methyl sites for hydroxylation is 2. The first-order valence-corrected chi connectivity index (χ1v) is 5.16. The summed E-state index contributed by atoms with van der Waals surface area (Å²) in [5.41, 5.74) is 4.47. The lowest BCUT2D eigenvalue weighted by molar-refractivity contribution is -0.139. The standard InChI is InChI=1S/C12H15NO2/c1-7-5-8(2)9-3-4-13-11(12(14)15)10(9)6-7/h5-6,11,13H,3-4H2,1-2H3,(H,14,15). The molecule has 80 valence electrons. The molecule has 1 heterocycles. The Morgan fingerprint density at radius 3 is 2.87 bits per heavy atom. The van der Waals surface area contributed by atoms with Gasteiger partial charge in [-0.2, -0.15) is 0 Å². The molecule has 0 saturated heterocycles. The quantitative estimate of drug-likeness (QED) is 0.731. The minimum atomic E-state index is -0.791. The molecular weight excluding hydrogens is 190 g/mol. The highest BCUT2D eigenvalue weighted by Crippen LogP contribution is 2.27. The molecular formula is C12H15NO2. The van der Waals surface area contributed by atoms with Crippen LogP contribution in [0.1, 0.15) is 28.3 Å². The van der Waals surface area contributed by atoms with Gasteiger partial charge in [0.2, 0.25) is 0 Å². The molecule has 1 atom stereocenters. The van der Waals surface area contributed by atoms with Crippen molar-refractivity contribution < 1.29 is 9.90 Å². The molecule has 15 heavy (non-hydrogen) atoms. The maximum atomic E-state index is 11.1. The van der Waals surface area contributed by atoms with Crippen LogP contribution in [0.5, 0.6) is 0 Å². The maximum absolute atomic E-state index is 11.1. The van der Waals surface area contributed by atoms with E-state index >= 15 is 0 Å². The second-order valence-corrected chi connectivity index (χ2v) is 4.12. The number of hydrogen-bond acceptors (Lipinski definition) is 2. The number of carboxylic acids is 1. The number of benzene rings is 1. The van der Waals surface area contributed by atoms with Crippen molar-refractivity contribution in [1.82, 2.24) is 5.32 Å². The van der Waals surface area contributed by atoms with Gasteiger partial charge in [-0.1, -0.05) is 17.7 Å². The van der Waals surface area contributed by atoms with Crippen molar-refractivity contribution in [2.45, 2.75) is 26.3 Å². The number of fused-ring (bicyclic) bond motifs is 1. The fourth-order valence-corrected chi connectivity index (χ4v) is 2.30. The third-order valence-corrected chi connectivity index (χ3v) is 2.93. The summed E-state index contributed by atoms with van der Waals surface area (Å²) >= 11 is 0. The molecule has 3 heteroatoms. The van der Waals surface area contributed by atoms with Gasteiger partial charge < -0.3 is 10.4 Å². The predicted octanol–water partition coefficient (Wildman–Crippen LogP) is 1.57. The smallest absolute Gasteiger partial charge is 0.325 e. The summed E-state index contributed by atoms with van der Waals surface area (Å²) in [5, 5.41) is 12.1. The summed E-state index contributed by atoms with van der Waals surface area (Å²) in [4.78, 5) is 11.1. The van der Waals surface area contributed by atoms with Crippen LogP contribution in [-0.4, -0.2) is 17.6 Å². The molecule has 0 saturated carbocycles. The average Bonchev–Trinajstić information content (AvgIpc) is 2.16. The number of rotatable bonds is 1. The van der Waals surface area contributed by atoms with Crippen molar-refractivity contribution in [3.63, 3.8) is 0 Å². The predicted molar refractivity (Wildman–Crippen MR) is 58.0 cm³/mol. The molecule has 0 amide bonds. The van der Waals surface area contributed by atoms with Crippen molar-refractivity contribution in [1.29, 1.82) is 0 Å². The Kier molecular flexibility index (Phi) is 2.49. The van der Waals surface area contributed by atoms with Crippen LogP contribution in [0, 0.1) is 13.8 Å². The van der Waals surface area contributed by atoms with E-state index in [1.165, 1.54) is 11.1 Å². The molecule has 0 fully saturated rings. The van der Waals surface area contributed by atoms with Crippen molar-refractivity contribution >= 4 is 5.97 Å². The molecule has 1 aromatic carbocycles. The highest BCUT2D eigenvalue weighted by atomic mass is 16.4. The third kappa shape index (κ3) is 1.75. The number of carbonyl (C=O) groups is 1. The van der Waals surface area contributed by atoms with E-state index in [1.54, 1.807) is 0 Å². The van der Waals surface area contributed by atoms with Gasteiger partial charge in [-0.3, -0.25) is 4.79 Å². The maximum Gasteiger partial charge on any atom is 0.325 e. The van der Waals surface area contributed by atoms with Crippen LogP contribution in [0.15, 0.2) is 12.1 Å². The highest BCUT2D eigenvalue weighted by Gasteiger charge is 2.26. The third-order valence-electron chi connectivity index (χ3n) is 2.93. The first-order chi connectivity index (χ1) is 7.09. The van der Waals surface area contributed by atoms with E-state index in [4.69, 9.17) is 5.11 Å². The van der Waals surface area contributed by atoms with Crippen LogP contribution in [0.4, 0.5) is 0 Å². The second-order valence-electron chi connectivity index (χ2n) is 4.12. The van der Waals surface area contributed by atoms with Gasteiger partial charge in [0.1, 0.15) is 6.04 Å². The molecule has 1 aromatic rings. The topological polar surface area (TPSA) is 49.3 Å². The Morgan fingerprint density at radius 2 is 2.20 bits per heavy atom. The molecule has 0 bridgehead atoms. The minimum Gasteiger partial charge on any atom is -0.480 e. The first kappa shape index (κ1) is 10.2. The van der Waals surface area contributed by atoms with E-state index in [2.05, 4.69) is 18.3 Å². The van der Waals surface area contributed by atoms with Crippen LogP contribution >= 0.6 is 0 Å². The van der Waals surface area contributed by atoms with E-state index in [9.17, 15) is 4.79 Å². The average molecular weight is 205 g/mol. The zero-order valence-electron chi connectivity index (χ0n) is 9.00. The lowest BCUT2D eigenvalue weighted by atomic mass is 9.89. The lowest BCUT2D eigenvalue weighted by Crippen LogP contribution is -2.35.